The number of rotatable bonds is 46. The van der Waals surface area contributed by atoms with E-state index in [1.807, 2.05) is 0 Å². The Kier molecular flexibility index (Phi) is 38.1. The number of phenols is 1. The van der Waals surface area contributed by atoms with E-state index >= 15 is 0 Å². The van der Waals surface area contributed by atoms with E-state index in [0.717, 1.165) is 6.92 Å². The second-order valence-electron chi connectivity index (χ2n) is 25.8. The molecule has 24 N–H and O–H groups in total. The van der Waals surface area contributed by atoms with E-state index in [2.05, 4.69) is 63.8 Å². The Labute approximate surface area is 589 Å². The van der Waals surface area contributed by atoms with Gasteiger partial charge in [0, 0.05) is 19.4 Å². The number of benzene rings is 1. The van der Waals surface area contributed by atoms with Gasteiger partial charge < -0.3 is 112 Å². The number of nitrogens with one attached hydrogen (secondary N) is 12. The fourth-order valence-electron chi connectivity index (χ4n) is 10.4. The van der Waals surface area contributed by atoms with Crippen LogP contribution in [-0.4, -0.2) is 231 Å². The van der Waals surface area contributed by atoms with Crippen LogP contribution in [0.4, 0.5) is 0 Å². The van der Waals surface area contributed by atoms with Crippen LogP contribution in [0.25, 0.3) is 0 Å². The van der Waals surface area contributed by atoms with E-state index < -0.39 is 218 Å². The van der Waals surface area contributed by atoms with Gasteiger partial charge in [0.05, 0.1) is 44.6 Å². The molecule has 0 bridgehead atoms. The van der Waals surface area contributed by atoms with Crippen LogP contribution in [0.1, 0.15) is 138 Å². The molecule has 1 aromatic rings. The minimum atomic E-state index is -1.76. The fourth-order valence-corrected chi connectivity index (χ4v) is 10.4. The summed E-state index contributed by atoms with van der Waals surface area (Å²) in [6, 6.07) is -10.4. The van der Waals surface area contributed by atoms with Gasteiger partial charge in [0.15, 0.2) is 0 Å². The topological polar surface area (TPSA) is 623 Å². The number of likely N-dealkylation sites (tertiary alicyclic amines) is 1. The number of phenolic OH excluding ortho intramolecular Hbond substituents is 1. The highest BCUT2D eigenvalue weighted by molar-refractivity contribution is 6.00. The van der Waals surface area contributed by atoms with Crippen molar-refractivity contribution >= 4 is 101 Å². The molecular weight excluding hydrogens is 1340 g/mol. The molecular formula is C64H103N17O21. The zero-order valence-electron chi connectivity index (χ0n) is 58.7. The summed E-state index contributed by atoms with van der Waals surface area (Å²) < 4.78 is 0. The first-order valence-corrected chi connectivity index (χ1v) is 33.6. The predicted octanol–water partition coefficient (Wildman–Crippen LogP) is -6.67. The van der Waals surface area contributed by atoms with Crippen molar-refractivity contribution in [1.82, 2.24) is 68.7 Å². The van der Waals surface area contributed by atoms with Crippen molar-refractivity contribution < 1.29 is 102 Å². The van der Waals surface area contributed by atoms with Gasteiger partial charge >= 0.3 is 11.9 Å². The Morgan fingerprint density at radius 1 is 0.539 bits per heavy atom. The van der Waals surface area contributed by atoms with Crippen LogP contribution in [-0.2, 0) is 87.9 Å². The van der Waals surface area contributed by atoms with Crippen molar-refractivity contribution in [2.75, 3.05) is 32.7 Å². The first-order valence-electron chi connectivity index (χ1n) is 33.6. The zero-order valence-corrected chi connectivity index (χ0v) is 58.7. The number of carbonyl (C=O) groups excluding carboxylic acids is 15. The van der Waals surface area contributed by atoms with E-state index in [0.29, 0.717) is 18.4 Å². The molecule has 1 saturated heterocycles. The predicted molar refractivity (Wildman–Crippen MR) is 362 cm³/mol. The fraction of sp³-hybridized carbons (Fsp3) is 0.641. The summed E-state index contributed by atoms with van der Waals surface area (Å²) in [7, 11) is 0. The molecule has 15 amide bonds. The largest absolute Gasteiger partial charge is 0.508 e. The number of hydrogen-bond donors (Lipinski definition) is 20. The lowest BCUT2D eigenvalue weighted by atomic mass is 9.97. The van der Waals surface area contributed by atoms with Crippen LogP contribution < -0.4 is 86.7 Å². The Balaban J connectivity index is 2.15. The Bertz CT molecular complexity index is 3120. The maximum Gasteiger partial charge on any atom is 0.326 e. The van der Waals surface area contributed by atoms with Crippen molar-refractivity contribution in [3.05, 3.63) is 29.8 Å². The SMILES string of the molecule is CC[C@H](C)[C@H](NC(=O)[C@@H](N)CC(=O)O)C(=O)N[C@@H](CC(N)=O)C(=O)NCC(=O)NCC(=O)NCC(=O)N[C@@H](C)C(=O)N[C@H](C(=O)N[C@@H](CC(C)C)C(=O)N1CCC[C@H]1C(=O)N[C@@H](CCC(N)=O)C(=O)N[C@@H](CCCCN)C(=O)N[C@@H](CC(C)C)C(=O)N[C@@H](Cc1ccc(O)cc1)C(=O)O)[C@@H](C)O. The van der Waals surface area contributed by atoms with E-state index in [1.165, 1.54) is 36.1 Å². The maximum absolute atomic E-state index is 14.5. The minimum Gasteiger partial charge on any atom is -0.508 e. The number of hydrogen-bond acceptors (Lipinski definition) is 21. The molecule has 0 aliphatic carbocycles. The number of unbranched alkanes of at least 4 members (excludes halogenated alkanes) is 1. The first kappa shape index (κ1) is 88.0. The van der Waals surface area contributed by atoms with Gasteiger partial charge in [0.1, 0.15) is 66.2 Å². The monoisotopic (exact) mass is 1450 g/mol. The van der Waals surface area contributed by atoms with Crippen LogP contribution in [0.2, 0.25) is 0 Å². The third-order valence-corrected chi connectivity index (χ3v) is 16.1. The second-order valence-corrected chi connectivity index (χ2v) is 25.8. The molecule has 0 unspecified atom stereocenters. The molecule has 570 valence electrons. The Morgan fingerprint density at radius 2 is 1.05 bits per heavy atom. The quantitative estimate of drug-likeness (QED) is 0.0270. The second kappa shape index (κ2) is 44.2. The summed E-state index contributed by atoms with van der Waals surface area (Å²) in [5.74, 6) is -18.0. The molecule has 1 heterocycles. The molecule has 1 fully saturated rings. The number of aromatic hydroxyl groups is 1. The summed E-state index contributed by atoms with van der Waals surface area (Å²) in [6.07, 6.45) is -2.85. The van der Waals surface area contributed by atoms with Gasteiger partial charge in [-0.05, 0) is 107 Å². The molecule has 1 aliphatic rings. The standard InChI is InChI=1S/C64H103N17O21/c1-9-33(6)52(79-55(92)38(66)26-51(89)90)61(98)76-42(27-47(68)85)56(93)71-29-49(87)69-28-48(86)70-30-50(88)72-34(7)54(91)80-53(35(8)82)62(99)77-43(24-32(4)5)63(100)81-22-12-14-45(81)60(97)74-40(19-20-46(67)84)58(95)73-39(13-10-11-21-65)57(94)75-41(23-31(2)3)59(96)78-44(64(101)102)25-36-15-17-37(83)18-16-36/h15-18,31-35,38-45,52-53,82-83H,9-14,19-30,65-66H2,1-8H3,(H2,67,84)(H2,68,85)(H,69,87)(H,70,86)(H,71,93)(H,72,88)(H,73,95)(H,74,97)(H,75,94)(H,76,98)(H,77,99)(H,78,96)(H,79,92)(H,80,91)(H,89,90)(H,101,102)/t33-,34-,35+,38-,39-,40-,41-,42-,43-,44-,45-,52-,53-/m0/s1. The van der Waals surface area contributed by atoms with Gasteiger partial charge in [-0.2, -0.15) is 0 Å². The summed E-state index contributed by atoms with van der Waals surface area (Å²) in [6.45, 7) is 10.4. The molecule has 102 heavy (non-hydrogen) atoms. The number of aliphatic carboxylic acids is 2. The molecule has 2 rings (SSSR count). The summed E-state index contributed by atoms with van der Waals surface area (Å²) in [5.41, 5.74) is 22.6. The van der Waals surface area contributed by atoms with Gasteiger partial charge in [0.2, 0.25) is 88.6 Å². The van der Waals surface area contributed by atoms with Gasteiger partial charge in [0.25, 0.3) is 0 Å². The minimum absolute atomic E-state index is 0.0183. The van der Waals surface area contributed by atoms with Crippen LogP contribution in [0.5, 0.6) is 5.75 Å². The molecule has 0 saturated carbocycles. The molecule has 0 aromatic heterocycles. The number of nitrogens with zero attached hydrogens (tertiary/aromatic N) is 1. The summed E-state index contributed by atoms with van der Waals surface area (Å²) in [5, 5.41) is 68.1. The average Bonchev–Trinajstić information content (AvgIpc) is 1.61. The number of aliphatic hydroxyl groups is 1. The van der Waals surface area contributed by atoms with Crippen molar-refractivity contribution in [1.29, 1.82) is 0 Å². The first-order chi connectivity index (χ1) is 47.8. The average molecular weight is 1450 g/mol. The van der Waals surface area contributed by atoms with Gasteiger partial charge in [-0.15, -0.1) is 0 Å². The highest BCUT2D eigenvalue weighted by Gasteiger charge is 2.42. The number of amides is 15. The molecule has 13 atom stereocenters. The highest BCUT2D eigenvalue weighted by atomic mass is 16.4. The van der Waals surface area contributed by atoms with Gasteiger partial charge in [-0.1, -0.05) is 60.1 Å². The third kappa shape index (κ3) is 32.0. The summed E-state index contributed by atoms with van der Waals surface area (Å²) >= 11 is 0. The lowest BCUT2D eigenvalue weighted by Gasteiger charge is -2.32. The van der Waals surface area contributed by atoms with E-state index in [9.17, 15) is 96.8 Å². The van der Waals surface area contributed by atoms with Crippen LogP contribution in [0.15, 0.2) is 24.3 Å². The van der Waals surface area contributed by atoms with Crippen molar-refractivity contribution in [2.45, 2.75) is 211 Å². The van der Waals surface area contributed by atoms with E-state index in [-0.39, 0.29) is 82.0 Å². The van der Waals surface area contributed by atoms with Crippen molar-refractivity contribution in [2.24, 2.45) is 40.7 Å². The molecule has 0 spiro atoms. The number of primary amides is 2. The number of aliphatic hydroxyl groups excluding tert-OH is 1. The van der Waals surface area contributed by atoms with Crippen molar-refractivity contribution in [3.8, 4) is 5.75 Å². The van der Waals surface area contributed by atoms with Crippen LogP contribution in [0, 0.1) is 17.8 Å². The number of carboxylic acid groups (broad SMARTS) is 2. The van der Waals surface area contributed by atoms with Gasteiger partial charge in [-0.25, -0.2) is 4.79 Å². The van der Waals surface area contributed by atoms with E-state index in [1.54, 1.807) is 41.5 Å². The van der Waals surface area contributed by atoms with Crippen LogP contribution in [0.3, 0.4) is 0 Å². The lowest BCUT2D eigenvalue weighted by molar-refractivity contribution is -0.143. The van der Waals surface area contributed by atoms with Crippen molar-refractivity contribution in [3.63, 3.8) is 0 Å². The third-order valence-electron chi connectivity index (χ3n) is 16.1. The lowest BCUT2D eigenvalue weighted by Crippen LogP contribution is -2.61. The van der Waals surface area contributed by atoms with Gasteiger partial charge in [-0.3, -0.25) is 76.7 Å². The molecule has 1 aliphatic heterocycles. The van der Waals surface area contributed by atoms with Crippen LogP contribution >= 0.6 is 0 Å². The molecule has 38 heteroatoms. The summed E-state index contributed by atoms with van der Waals surface area (Å²) in [4.78, 5) is 224. The Morgan fingerprint density at radius 3 is 1.59 bits per heavy atom. The smallest absolute Gasteiger partial charge is 0.326 e. The maximum atomic E-state index is 14.5. The number of nitrogens with two attached hydrogens (primary N) is 4. The normalized spacial score (nSPS) is 16.1. The van der Waals surface area contributed by atoms with E-state index in [4.69, 9.17) is 28.0 Å². The zero-order chi connectivity index (χ0) is 77.2. The molecule has 0 radical (unpaired) electrons. The highest BCUT2D eigenvalue weighted by Crippen LogP contribution is 2.22. The molecule has 38 nitrogen and oxygen atoms in total. The molecule has 1 aromatic carbocycles. The number of carboxylic acids is 2. The Hall–Kier alpha value is -10.1. The number of carbonyl (C=O) groups is 17.